The molecule has 0 unspecified atom stereocenters. The minimum absolute atomic E-state index is 0.337. The van der Waals surface area contributed by atoms with E-state index in [4.69, 9.17) is 5.84 Å². The summed E-state index contributed by atoms with van der Waals surface area (Å²) in [5.41, 5.74) is 2.48. The van der Waals surface area contributed by atoms with E-state index in [-0.39, 0.29) is 5.91 Å². The Morgan fingerprint density at radius 3 is 2.85 bits per heavy atom. The van der Waals surface area contributed by atoms with Gasteiger partial charge in [-0.05, 0) is 19.1 Å². The number of pyridine rings is 1. The van der Waals surface area contributed by atoms with Crippen molar-refractivity contribution < 1.29 is 4.79 Å². The Labute approximate surface area is 76.3 Å². The Morgan fingerprint density at radius 1 is 1.62 bits per heavy atom. The molecular formula is C8H12N4O. The molecule has 0 aliphatic rings. The maximum absolute atomic E-state index is 11.0. The molecular weight excluding hydrogens is 168 g/mol. The fourth-order valence-electron chi connectivity index (χ4n) is 0.897. The summed E-state index contributed by atoms with van der Waals surface area (Å²) >= 11 is 0. The van der Waals surface area contributed by atoms with E-state index in [0.717, 1.165) is 12.4 Å². The molecule has 0 saturated heterocycles. The number of carbonyl (C=O) groups is 1. The fraction of sp³-hybridized carbons (Fsp3) is 0.250. The zero-order valence-corrected chi connectivity index (χ0v) is 7.37. The lowest BCUT2D eigenvalue weighted by atomic mass is 10.3. The van der Waals surface area contributed by atoms with Gasteiger partial charge in [0.2, 0.25) is 0 Å². The predicted molar refractivity (Wildman–Crippen MR) is 50.1 cm³/mol. The molecule has 0 aliphatic heterocycles. The van der Waals surface area contributed by atoms with Gasteiger partial charge < -0.3 is 5.32 Å². The maximum atomic E-state index is 11.0. The van der Waals surface area contributed by atoms with Crippen molar-refractivity contribution >= 4 is 11.7 Å². The van der Waals surface area contributed by atoms with Gasteiger partial charge in [0.25, 0.3) is 5.91 Å². The van der Waals surface area contributed by atoms with Crippen molar-refractivity contribution in [2.45, 2.75) is 6.92 Å². The van der Waals surface area contributed by atoms with Gasteiger partial charge >= 0.3 is 0 Å². The molecule has 0 fully saturated rings. The normalized spacial score (nSPS) is 9.38. The van der Waals surface area contributed by atoms with Crippen LogP contribution in [0.15, 0.2) is 18.3 Å². The number of hydrazine groups is 1. The Kier molecular flexibility index (Phi) is 3.22. The zero-order valence-electron chi connectivity index (χ0n) is 7.37. The highest BCUT2D eigenvalue weighted by Crippen LogP contribution is 2.03. The van der Waals surface area contributed by atoms with Gasteiger partial charge in [0, 0.05) is 12.7 Å². The number of aromatic nitrogens is 1. The second-order valence-electron chi connectivity index (χ2n) is 2.44. The molecule has 1 aromatic rings. The molecule has 0 atom stereocenters. The van der Waals surface area contributed by atoms with Gasteiger partial charge in [-0.25, -0.2) is 10.8 Å². The van der Waals surface area contributed by atoms with E-state index in [2.05, 4.69) is 10.3 Å². The van der Waals surface area contributed by atoms with Crippen LogP contribution in [0.5, 0.6) is 0 Å². The molecule has 4 N–H and O–H groups in total. The first-order valence-corrected chi connectivity index (χ1v) is 3.98. The van der Waals surface area contributed by atoms with Gasteiger partial charge in [-0.3, -0.25) is 10.2 Å². The van der Waals surface area contributed by atoms with Crippen LogP contribution in [0.3, 0.4) is 0 Å². The summed E-state index contributed by atoms with van der Waals surface area (Å²) in [6, 6.07) is 3.39. The van der Waals surface area contributed by atoms with Crippen molar-refractivity contribution in [1.82, 2.24) is 10.4 Å². The molecule has 0 spiro atoms. The molecule has 0 aliphatic carbocycles. The van der Waals surface area contributed by atoms with Crippen molar-refractivity contribution in [3.63, 3.8) is 0 Å². The van der Waals surface area contributed by atoms with E-state index in [0.29, 0.717) is 5.56 Å². The predicted octanol–water partition coefficient (Wildman–Crippen LogP) is 0.117. The average molecular weight is 180 g/mol. The Balaban J connectivity index is 2.75. The summed E-state index contributed by atoms with van der Waals surface area (Å²) in [5, 5.41) is 3.02. The maximum Gasteiger partial charge on any atom is 0.266 e. The molecule has 0 radical (unpaired) electrons. The van der Waals surface area contributed by atoms with Crippen LogP contribution in [0, 0.1) is 0 Å². The van der Waals surface area contributed by atoms with Crippen LogP contribution in [0.4, 0.5) is 5.82 Å². The van der Waals surface area contributed by atoms with Crippen LogP contribution in [-0.2, 0) is 0 Å². The first kappa shape index (κ1) is 9.47. The molecule has 1 heterocycles. The van der Waals surface area contributed by atoms with Gasteiger partial charge in [-0.2, -0.15) is 0 Å². The van der Waals surface area contributed by atoms with Crippen molar-refractivity contribution in [2.75, 3.05) is 11.9 Å². The molecule has 5 nitrogen and oxygen atoms in total. The van der Waals surface area contributed by atoms with Gasteiger partial charge in [-0.1, -0.05) is 0 Å². The minimum atomic E-state index is -0.337. The van der Waals surface area contributed by atoms with Crippen molar-refractivity contribution in [1.29, 1.82) is 0 Å². The molecule has 1 rings (SSSR count). The number of nitrogens with zero attached hydrogens (tertiary/aromatic N) is 1. The number of hydrogen-bond acceptors (Lipinski definition) is 4. The van der Waals surface area contributed by atoms with E-state index >= 15 is 0 Å². The quantitative estimate of drug-likeness (QED) is 0.350. The van der Waals surface area contributed by atoms with Gasteiger partial charge in [0.15, 0.2) is 0 Å². The number of nitrogens with two attached hydrogens (primary N) is 1. The van der Waals surface area contributed by atoms with E-state index < -0.39 is 0 Å². The van der Waals surface area contributed by atoms with Crippen LogP contribution in [-0.4, -0.2) is 17.4 Å². The molecule has 13 heavy (non-hydrogen) atoms. The first-order valence-electron chi connectivity index (χ1n) is 3.98. The lowest BCUT2D eigenvalue weighted by molar-refractivity contribution is 0.0953. The van der Waals surface area contributed by atoms with E-state index in [1.54, 1.807) is 12.1 Å². The smallest absolute Gasteiger partial charge is 0.266 e. The number of amides is 1. The standard InChI is InChI=1S/C8H12N4O/c1-2-10-7-4-3-6(5-11-7)8(13)12-9/h3-5H,2,9H2,1H3,(H,10,11)(H,12,13). The number of carbonyl (C=O) groups excluding carboxylic acids is 1. The first-order chi connectivity index (χ1) is 6.27. The number of anilines is 1. The lowest BCUT2D eigenvalue weighted by Crippen LogP contribution is -2.30. The van der Waals surface area contributed by atoms with Crippen molar-refractivity contribution in [3.8, 4) is 0 Å². The highest BCUT2D eigenvalue weighted by Gasteiger charge is 2.02. The lowest BCUT2D eigenvalue weighted by Gasteiger charge is -2.02. The number of hydrogen-bond donors (Lipinski definition) is 3. The summed E-state index contributed by atoms with van der Waals surface area (Å²) in [6.45, 7) is 2.78. The number of rotatable bonds is 3. The molecule has 1 amide bonds. The summed E-state index contributed by atoms with van der Waals surface area (Å²) < 4.78 is 0. The third kappa shape index (κ3) is 2.41. The van der Waals surface area contributed by atoms with Crippen LogP contribution in [0.2, 0.25) is 0 Å². The van der Waals surface area contributed by atoms with E-state index in [1.165, 1.54) is 6.20 Å². The van der Waals surface area contributed by atoms with Crippen LogP contribution >= 0.6 is 0 Å². The Hall–Kier alpha value is -1.62. The SMILES string of the molecule is CCNc1ccc(C(=O)NN)cn1. The zero-order chi connectivity index (χ0) is 9.68. The summed E-state index contributed by atoms with van der Waals surface area (Å²) in [7, 11) is 0. The largest absolute Gasteiger partial charge is 0.370 e. The fourth-order valence-corrected chi connectivity index (χ4v) is 0.897. The number of nitrogen functional groups attached to an aromatic ring is 1. The summed E-state index contributed by atoms with van der Waals surface area (Å²) in [6.07, 6.45) is 1.47. The van der Waals surface area contributed by atoms with E-state index in [1.807, 2.05) is 12.3 Å². The van der Waals surface area contributed by atoms with Gasteiger partial charge in [0.1, 0.15) is 5.82 Å². The summed E-state index contributed by atoms with van der Waals surface area (Å²) in [5.74, 6) is 5.37. The van der Waals surface area contributed by atoms with Crippen molar-refractivity contribution in [2.24, 2.45) is 5.84 Å². The van der Waals surface area contributed by atoms with Crippen LogP contribution in [0.25, 0.3) is 0 Å². The molecule has 0 bridgehead atoms. The van der Waals surface area contributed by atoms with Gasteiger partial charge in [0.05, 0.1) is 5.56 Å². The molecule has 0 saturated carbocycles. The van der Waals surface area contributed by atoms with Crippen LogP contribution < -0.4 is 16.6 Å². The highest BCUT2D eigenvalue weighted by molar-refractivity contribution is 5.93. The molecule has 5 heteroatoms. The average Bonchev–Trinajstić information content (AvgIpc) is 2.18. The second-order valence-corrected chi connectivity index (χ2v) is 2.44. The van der Waals surface area contributed by atoms with E-state index in [9.17, 15) is 4.79 Å². The van der Waals surface area contributed by atoms with Crippen molar-refractivity contribution in [3.05, 3.63) is 23.9 Å². The molecule has 70 valence electrons. The number of nitrogens with one attached hydrogen (secondary N) is 2. The Morgan fingerprint density at radius 2 is 2.38 bits per heavy atom. The van der Waals surface area contributed by atoms with Gasteiger partial charge in [-0.15, -0.1) is 0 Å². The Bertz CT molecular complexity index is 283. The summed E-state index contributed by atoms with van der Waals surface area (Å²) in [4.78, 5) is 15.0. The third-order valence-electron chi connectivity index (χ3n) is 1.51. The monoisotopic (exact) mass is 180 g/mol. The minimum Gasteiger partial charge on any atom is -0.370 e. The topological polar surface area (TPSA) is 80.0 Å². The highest BCUT2D eigenvalue weighted by atomic mass is 16.2. The van der Waals surface area contributed by atoms with Crippen LogP contribution in [0.1, 0.15) is 17.3 Å². The third-order valence-corrected chi connectivity index (χ3v) is 1.51. The molecule has 0 aromatic carbocycles. The second kappa shape index (κ2) is 4.42. The molecule has 1 aromatic heterocycles.